The molecule has 7 heteroatoms. The Morgan fingerprint density at radius 2 is 2.04 bits per heavy atom. The van der Waals surface area contributed by atoms with E-state index in [0.717, 1.165) is 36.5 Å². The van der Waals surface area contributed by atoms with Crippen molar-refractivity contribution in [3.8, 4) is 0 Å². The molecule has 0 bridgehead atoms. The van der Waals surface area contributed by atoms with E-state index in [-0.39, 0.29) is 11.2 Å². The molecule has 3 aromatic rings. The molecule has 4 rings (SSSR count). The van der Waals surface area contributed by atoms with Crippen molar-refractivity contribution in [1.29, 1.82) is 0 Å². The Kier molecular flexibility index (Phi) is 4.40. The second-order valence-corrected chi connectivity index (χ2v) is 7.94. The second-order valence-electron chi connectivity index (χ2n) is 6.63. The lowest BCUT2D eigenvalue weighted by atomic mass is 10.0. The van der Waals surface area contributed by atoms with Gasteiger partial charge in [0.25, 0.3) is 5.78 Å². The number of anilines is 1. The van der Waals surface area contributed by atoms with Crippen LogP contribution in [0.4, 0.5) is 5.69 Å². The van der Waals surface area contributed by atoms with E-state index in [1.165, 1.54) is 17.3 Å². The smallest absolute Gasteiger partial charge is 0.253 e. The maximum Gasteiger partial charge on any atom is 0.253 e. The lowest BCUT2D eigenvalue weighted by Crippen LogP contribution is -2.40. The molecule has 6 nitrogen and oxygen atoms in total. The molecule has 0 aliphatic carbocycles. The van der Waals surface area contributed by atoms with Crippen LogP contribution in [0.15, 0.2) is 35.5 Å². The number of amides is 1. The third-order valence-corrected chi connectivity index (χ3v) is 5.54. The van der Waals surface area contributed by atoms with E-state index in [1.807, 2.05) is 49.9 Å². The standard InChI is InChI=1S/C19H21N5OS/c1-12-11-13(2)24-18(20-12)21-19(22-24)26-14(3)17(25)23-10-6-8-15-7-4-5-9-16(15)23/h4-5,7,9,11,14H,6,8,10H2,1-3H3. The van der Waals surface area contributed by atoms with Crippen LogP contribution in [0.3, 0.4) is 0 Å². The first-order chi connectivity index (χ1) is 12.5. The molecule has 1 aliphatic rings. The van der Waals surface area contributed by atoms with Crippen molar-refractivity contribution in [1.82, 2.24) is 19.6 Å². The van der Waals surface area contributed by atoms with Crippen LogP contribution < -0.4 is 4.90 Å². The number of aryl methyl sites for hydroxylation is 3. The highest BCUT2D eigenvalue weighted by molar-refractivity contribution is 8.00. The van der Waals surface area contributed by atoms with Crippen LogP contribution in [0.2, 0.25) is 0 Å². The van der Waals surface area contributed by atoms with Gasteiger partial charge in [-0.1, -0.05) is 30.0 Å². The van der Waals surface area contributed by atoms with Crippen molar-refractivity contribution >= 4 is 29.1 Å². The van der Waals surface area contributed by atoms with Crippen LogP contribution in [0.25, 0.3) is 5.78 Å². The van der Waals surface area contributed by atoms with E-state index in [2.05, 4.69) is 21.1 Å². The number of para-hydroxylation sites is 1. The van der Waals surface area contributed by atoms with Gasteiger partial charge in [0.1, 0.15) is 0 Å². The molecule has 0 fully saturated rings. The van der Waals surface area contributed by atoms with Gasteiger partial charge in [-0.25, -0.2) is 9.50 Å². The first kappa shape index (κ1) is 17.0. The molecular formula is C19H21N5OS. The lowest BCUT2D eigenvalue weighted by Gasteiger charge is -2.31. The third-order valence-electron chi connectivity index (χ3n) is 4.61. The number of carbonyl (C=O) groups is 1. The number of benzene rings is 1. The highest BCUT2D eigenvalue weighted by atomic mass is 32.2. The molecule has 134 valence electrons. The van der Waals surface area contributed by atoms with Gasteiger partial charge in [-0.2, -0.15) is 4.98 Å². The SMILES string of the molecule is Cc1cc(C)n2nc(SC(C)C(=O)N3CCCc4ccccc43)nc2n1. The topological polar surface area (TPSA) is 63.4 Å². The van der Waals surface area contributed by atoms with Gasteiger partial charge in [0.05, 0.1) is 5.25 Å². The average molecular weight is 367 g/mol. The Morgan fingerprint density at radius 3 is 2.88 bits per heavy atom. The molecule has 1 atom stereocenters. The normalized spacial score (nSPS) is 15.1. The molecule has 1 unspecified atom stereocenters. The Balaban J connectivity index is 1.56. The highest BCUT2D eigenvalue weighted by Crippen LogP contribution is 2.30. The first-order valence-electron chi connectivity index (χ1n) is 8.80. The predicted octanol–water partition coefficient (Wildman–Crippen LogP) is 3.20. The van der Waals surface area contributed by atoms with Crippen LogP contribution >= 0.6 is 11.8 Å². The average Bonchev–Trinajstić information content (AvgIpc) is 3.03. The van der Waals surface area contributed by atoms with Crippen molar-refractivity contribution in [3.05, 3.63) is 47.3 Å². The molecule has 0 N–H and O–H groups in total. The van der Waals surface area contributed by atoms with Gasteiger partial charge in [-0.15, -0.1) is 5.10 Å². The summed E-state index contributed by atoms with van der Waals surface area (Å²) in [5, 5.41) is 4.82. The van der Waals surface area contributed by atoms with Gasteiger partial charge >= 0.3 is 0 Å². The zero-order chi connectivity index (χ0) is 18.3. The summed E-state index contributed by atoms with van der Waals surface area (Å²) in [6, 6.07) is 10.1. The zero-order valence-corrected chi connectivity index (χ0v) is 16.0. The number of carbonyl (C=O) groups excluding carboxylic acids is 1. The Hall–Kier alpha value is -2.41. The molecule has 26 heavy (non-hydrogen) atoms. The zero-order valence-electron chi connectivity index (χ0n) is 15.1. The summed E-state index contributed by atoms with van der Waals surface area (Å²) in [5.74, 6) is 0.676. The maximum absolute atomic E-state index is 13.0. The second kappa shape index (κ2) is 6.72. The summed E-state index contributed by atoms with van der Waals surface area (Å²) in [7, 11) is 0. The van der Waals surface area contributed by atoms with Gasteiger partial charge in [-0.05, 0) is 51.3 Å². The van der Waals surface area contributed by atoms with Crippen LogP contribution in [0.1, 0.15) is 30.3 Å². The molecule has 0 spiro atoms. The van der Waals surface area contributed by atoms with Gasteiger partial charge < -0.3 is 4.90 Å². The number of rotatable bonds is 3. The number of fused-ring (bicyclic) bond motifs is 2. The van der Waals surface area contributed by atoms with Crippen LogP contribution in [-0.4, -0.2) is 37.3 Å². The number of hydrogen-bond acceptors (Lipinski definition) is 5. The fourth-order valence-electron chi connectivity index (χ4n) is 3.39. The van der Waals surface area contributed by atoms with E-state index >= 15 is 0 Å². The Labute approximate surface area is 156 Å². The number of thioether (sulfide) groups is 1. The van der Waals surface area contributed by atoms with Crippen molar-refractivity contribution in [2.75, 3.05) is 11.4 Å². The minimum atomic E-state index is -0.264. The fourth-order valence-corrected chi connectivity index (χ4v) is 4.20. The summed E-state index contributed by atoms with van der Waals surface area (Å²) >= 11 is 1.39. The van der Waals surface area contributed by atoms with E-state index in [4.69, 9.17) is 0 Å². The molecule has 1 amide bonds. The van der Waals surface area contributed by atoms with Crippen LogP contribution in [0, 0.1) is 13.8 Å². The van der Waals surface area contributed by atoms with Crippen molar-refractivity contribution in [2.45, 2.75) is 44.0 Å². The van der Waals surface area contributed by atoms with E-state index in [1.54, 1.807) is 4.52 Å². The fraction of sp³-hybridized carbons (Fsp3) is 0.368. The van der Waals surface area contributed by atoms with E-state index < -0.39 is 0 Å². The number of nitrogens with zero attached hydrogens (tertiary/aromatic N) is 5. The van der Waals surface area contributed by atoms with Gasteiger partial charge in [0.15, 0.2) is 0 Å². The molecule has 1 aromatic carbocycles. The quantitative estimate of drug-likeness (QED) is 0.665. The lowest BCUT2D eigenvalue weighted by molar-refractivity contribution is -0.117. The summed E-state index contributed by atoms with van der Waals surface area (Å²) in [6.45, 7) is 6.60. The van der Waals surface area contributed by atoms with Crippen molar-refractivity contribution < 1.29 is 4.79 Å². The Morgan fingerprint density at radius 1 is 1.23 bits per heavy atom. The summed E-state index contributed by atoms with van der Waals surface area (Å²) < 4.78 is 1.72. The number of hydrogen-bond donors (Lipinski definition) is 0. The minimum Gasteiger partial charge on any atom is -0.311 e. The molecule has 0 radical (unpaired) electrons. The highest BCUT2D eigenvalue weighted by Gasteiger charge is 2.27. The van der Waals surface area contributed by atoms with Crippen LogP contribution in [0.5, 0.6) is 0 Å². The predicted molar refractivity (Wildman–Crippen MR) is 103 cm³/mol. The molecule has 3 heterocycles. The first-order valence-corrected chi connectivity index (χ1v) is 9.68. The summed E-state index contributed by atoms with van der Waals surface area (Å²) in [4.78, 5) is 23.8. The van der Waals surface area contributed by atoms with Crippen molar-refractivity contribution in [3.63, 3.8) is 0 Å². The monoisotopic (exact) mass is 367 g/mol. The molecular weight excluding hydrogens is 346 g/mol. The van der Waals surface area contributed by atoms with Gasteiger partial charge in [-0.3, -0.25) is 4.79 Å². The van der Waals surface area contributed by atoms with E-state index in [9.17, 15) is 4.79 Å². The largest absolute Gasteiger partial charge is 0.311 e. The molecule has 1 aliphatic heterocycles. The molecule has 0 saturated heterocycles. The third kappa shape index (κ3) is 3.07. The Bertz CT molecular complexity index is 983. The van der Waals surface area contributed by atoms with Gasteiger partial charge in [0, 0.05) is 23.6 Å². The number of aromatic nitrogens is 4. The molecule has 2 aromatic heterocycles. The summed E-state index contributed by atoms with van der Waals surface area (Å²) in [5.41, 5.74) is 4.17. The maximum atomic E-state index is 13.0. The minimum absolute atomic E-state index is 0.0990. The summed E-state index contributed by atoms with van der Waals surface area (Å²) in [6.07, 6.45) is 2.02. The van der Waals surface area contributed by atoms with Crippen molar-refractivity contribution in [2.24, 2.45) is 0 Å². The van der Waals surface area contributed by atoms with Gasteiger partial charge in [0.2, 0.25) is 11.1 Å². The van der Waals surface area contributed by atoms with Crippen LogP contribution in [-0.2, 0) is 11.2 Å². The van der Waals surface area contributed by atoms with E-state index in [0.29, 0.717) is 10.9 Å². The molecule has 0 saturated carbocycles.